The maximum Gasteiger partial charge on any atom is 0.272 e. The first-order chi connectivity index (χ1) is 9.58. The number of nitro groups is 1. The summed E-state index contributed by atoms with van der Waals surface area (Å²) in [7, 11) is 0. The summed E-state index contributed by atoms with van der Waals surface area (Å²) in [5.41, 5.74) is 0.962. The summed E-state index contributed by atoms with van der Waals surface area (Å²) in [5, 5.41) is 14.2. The van der Waals surface area contributed by atoms with E-state index in [2.05, 4.69) is 5.32 Å². The van der Waals surface area contributed by atoms with Gasteiger partial charge in [0.2, 0.25) is 0 Å². The Morgan fingerprint density at radius 1 is 1.25 bits per heavy atom. The molecule has 0 heterocycles. The molecular formula is C14H12ClFN2O2. The van der Waals surface area contributed by atoms with Crippen molar-refractivity contribution >= 4 is 23.0 Å². The number of hydrogen-bond donors (Lipinski definition) is 1. The fourth-order valence-electron chi connectivity index (χ4n) is 1.87. The van der Waals surface area contributed by atoms with Crippen LogP contribution in [-0.4, -0.2) is 11.5 Å². The summed E-state index contributed by atoms with van der Waals surface area (Å²) in [6.07, 6.45) is 0.420. The Morgan fingerprint density at radius 2 is 2.00 bits per heavy atom. The first-order valence-electron chi connectivity index (χ1n) is 5.99. The van der Waals surface area contributed by atoms with Gasteiger partial charge in [0.1, 0.15) is 5.82 Å². The van der Waals surface area contributed by atoms with Gasteiger partial charge in [0.25, 0.3) is 5.69 Å². The summed E-state index contributed by atoms with van der Waals surface area (Å²) >= 11 is 5.78. The molecule has 6 heteroatoms. The fourth-order valence-corrected chi connectivity index (χ4v) is 2.04. The molecule has 0 amide bonds. The quantitative estimate of drug-likeness (QED) is 0.669. The van der Waals surface area contributed by atoms with Gasteiger partial charge < -0.3 is 5.32 Å². The van der Waals surface area contributed by atoms with Crippen LogP contribution in [0.2, 0.25) is 5.02 Å². The Bertz CT molecular complexity index is 634. The van der Waals surface area contributed by atoms with Gasteiger partial charge >= 0.3 is 0 Å². The van der Waals surface area contributed by atoms with Crippen molar-refractivity contribution in [1.82, 2.24) is 0 Å². The number of anilines is 1. The molecule has 0 aliphatic carbocycles. The van der Waals surface area contributed by atoms with Crippen molar-refractivity contribution in [3.63, 3.8) is 0 Å². The average molecular weight is 295 g/mol. The van der Waals surface area contributed by atoms with Crippen LogP contribution in [0.4, 0.5) is 15.8 Å². The van der Waals surface area contributed by atoms with E-state index < -0.39 is 10.7 Å². The Hall–Kier alpha value is -2.14. The first-order valence-corrected chi connectivity index (χ1v) is 6.37. The van der Waals surface area contributed by atoms with Gasteiger partial charge in [-0.15, -0.1) is 0 Å². The second-order valence-corrected chi connectivity index (χ2v) is 4.62. The molecule has 0 aromatic heterocycles. The van der Waals surface area contributed by atoms with E-state index in [0.29, 0.717) is 23.6 Å². The van der Waals surface area contributed by atoms with Crippen LogP contribution in [0.3, 0.4) is 0 Å². The molecule has 0 spiro atoms. The van der Waals surface area contributed by atoms with E-state index in [1.54, 1.807) is 18.2 Å². The molecule has 0 aliphatic rings. The van der Waals surface area contributed by atoms with E-state index in [0.717, 1.165) is 0 Å². The third kappa shape index (κ3) is 3.45. The molecular weight excluding hydrogens is 283 g/mol. The third-order valence-corrected chi connectivity index (χ3v) is 3.06. The van der Waals surface area contributed by atoms with Crippen molar-refractivity contribution in [3.8, 4) is 0 Å². The van der Waals surface area contributed by atoms with Gasteiger partial charge in [-0.1, -0.05) is 29.8 Å². The highest BCUT2D eigenvalue weighted by Gasteiger charge is 2.11. The average Bonchev–Trinajstić information content (AvgIpc) is 2.43. The highest BCUT2D eigenvalue weighted by Crippen LogP contribution is 2.21. The Labute approximate surface area is 120 Å². The zero-order chi connectivity index (χ0) is 14.5. The van der Waals surface area contributed by atoms with Crippen LogP contribution in [0.1, 0.15) is 5.56 Å². The molecule has 0 radical (unpaired) electrons. The lowest BCUT2D eigenvalue weighted by molar-refractivity contribution is -0.385. The van der Waals surface area contributed by atoms with Crippen LogP contribution >= 0.6 is 11.6 Å². The fraction of sp³-hybridized carbons (Fsp3) is 0.143. The second-order valence-electron chi connectivity index (χ2n) is 4.19. The van der Waals surface area contributed by atoms with Gasteiger partial charge in [-0.05, 0) is 24.6 Å². The maximum absolute atomic E-state index is 13.5. The first kappa shape index (κ1) is 14.3. The zero-order valence-electron chi connectivity index (χ0n) is 10.5. The van der Waals surface area contributed by atoms with Crippen molar-refractivity contribution in [2.24, 2.45) is 0 Å². The Morgan fingerprint density at radius 3 is 2.75 bits per heavy atom. The predicted molar refractivity (Wildman–Crippen MR) is 76.7 cm³/mol. The summed E-state index contributed by atoms with van der Waals surface area (Å²) in [5.74, 6) is -0.406. The molecule has 104 valence electrons. The Kier molecular flexibility index (Phi) is 4.53. The molecule has 4 nitrogen and oxygen atoms in total. The van der Waals surface area contributed by atoms with Crippen molar-refractivity contribution in [2.45, 2.75) is 6.42 Å². The van der Waals surface area contributed by atoms with Crippen molar-refractivity contribution in [2.75, 3.05) is 11.9 Å². The molecule has 20 heavy (non-hydrogen) atoms. The molecule has 0 saturated carbocycles. The number of para-hydroxylation sites is 1. The summed E-state index contributed by atoms with van der Waals surface area (Å²) < 4.78 is 13.5. The van der Waals surface area contributed by atoms with E-state index in [9.17, 15) is 14.5 Å². The molecule has 2 aromatic rings. The number of hydrogen-bond acceptors (Lipinski definition) is 3. The molecule has 0 fully saturated rings. The number of nitrogens with one attached hydrogen (secondary N) is 1. The highest BCUT2D eigenvalue weighted by atomic mass is 35.5. The van der Waals surface area contributed by atoms with Gasteiger partial charge in [-0.25, -0.2) is 4.39 Å². The number of nitrogens with zero attached hydrogens (tertiary/aromatic N) is 1. The molecule has 1 N–H and O–H groups in total. The topological polar surface area (TPSA) is 55.2 Å². The van der Waals surface area contributed by atoms with Gasteiger partial charge in [-0.2, -0.15) is 0 Å². The second kappa shape index (κ2) is 6.34. The molecule has 0 unspecified atom stereocenters. The largest absolute Gasteiger partial charge is 0.382 e. The molecule has 0 aliphatic heterocycles. The summed E-state index contributed by atoms with van der Waals surface area (Å²) in [4.78, 5) is 10.4. The van der Waals surface area contributed by atoms with E-state index >= 15 is 0 Å². The van der Waals surface area contributed by atoms with E-state index in [1.165, 1.54) is 24.3 Å². The number of nitro benzene ring substituents is 1. The standard InChI is InChI=1S/C14H12ClFN2O2/c15-11-5-6-12(16)13(9-11)17-8-7-10-3-1-2-4-14(10)18(19)20/h1-6,9,17H,7-8H2. The zero-order valence-corrected chi connectivity index (χ0v) is 11.2. The van der Waals surface area contributed by atoms with Crippen LogP contribution in [0.25, 0.3) is 0 Å². The van der Waals surface area contributed by atoms with Gasteiger partial charge in [0.05, 0.1) is 10.6 Å². The van der Waals surface area contributed by atoms with Gasteiger partial charge in [0, 0.05) is 23.2 Å². The van der Waals surface area contributed by atoms with E-state index in [-0.39, 0.29) is 11.4 Å². The molecule has 2 aromatic carbocycles. The molecule has 0 atom stereocenters. The van der Waals surface area contributed by atoms with Crippen LogP contribution in [0.15, 0.2) is 42.5 Å². The Balaban J connectivity index is 2.03. The number of benzene rings is 2. The lowest BCUT2D eigenvalue weighted by Gasteiger charge is -2.08. The molecule has 0 saturated heterocycles. The number of halogens is 2. The predicted octanol–water partition coefficient (Wildman–Crippen LogP) is 4.04. The van der Waals surface area contributed by atoms with Crippen LogP contribution < -0.4 is 5.32 Å². The third-order valence-electron chi connectivity index (χ3n) is 2.83. The summed E-state index contributed by atoms with van der Waals surface area (Å²) in [6, 6.07) is 10.7. The van der Waals surface area contributed by atoms with Gasteiger partial charge in [-0.3, -0.25) is 10.1 Å². The van der Waals surface area contributed by atoms with Crippen molar-refractivity contribution in [3.05, 3.63) is 69.0 Å². The monoisotopic (exact) mass is 294 g/mol. The van der Waals surface area contributed by atoms with Gasteiger partial charge in [0.15, 0.2) is 0 Å². The van der Waals surface area contributed by atoms with E-state index in [1.807, 2.05) is 0 Å². The SMILES string of the molecule is O=[N+]([O-])c1ccccc1CCNc1cc(Cl)ccc1F. The molecule has 2 rings (SSSR count). The van der Waals surface area contributed by atoms with E-state index in [4.69, 9.17) is 11.6 Å². The van der Waals surface area contributed by atoms with Crippen molar-refractivity contribution in [1.29, 1.82) is 0 Å². The lowest BCUT2D eigenvalue weighted by Crippen LogP contribution is -2.07. The minimum atomic E-state index is -0.421. The minimum absolute atomic E-state index is 0.0702. The van der Waals surface area contributed by atoms with Crippen LogP contribution in [0, 0.1) is 15.9 Å². The minimum Gasteiger partial charge on any atom is -0.382 e. The smallest absolute Gasteiger partial charge is 0.272 e. The lowest BCUT2D eigenvalue weighted by atomic mass is 10.1. The van der Waals surface area contributed by atoms with Crippen LogP contribution in [0.5, 0.6) is 0 Å². The van der Waals surface area contributed by atoms with Crippen molar-refractivity contribution < 1.29 is 9.31 Å². The maximum atomic E-state index is 13.5. The summed E-state index contributed by atoms with van der Waals surface area (Å²) in [6.45, 7) is 0.377. The van der Waals surface area contributed by atoms with Crippen LogP contribution in [-0.2, 0) is 6.42 Å². The normalized spacial score (nSPS) is 10.3. The molecule has 0 bridgehead atoms. The highest BCUT2D eigenvalue weighted by molar-refractivity contribution is 6.30. The number of rotatable bonds is 5.